The molecular formula is C41H69O8P. The smallest absolute Gasteiger partial charge is 0.462 e. The van der Waals surface area contributed by atoms with Crippen molar-refractivity contribution in [3.63, 3.8) is 0 Å². The first-order chi connectivity index (χ1) is 24.3. The molecule has 0 amide bonds. The van der Waals surface area contributed by atoms with Gasteiger partial charge >= 0.3 is 19.8 Å². The van der Waals surface area contributed by atoms with Crippen LogP contribution in [-0.2, 0) is 28.2 Å². The summed E-state index contributed by atoms with van der Waals surface area (Å²) in [6.45, 7) is 3.56. The van der Waals surface area contributed by atoms with Gasteiger partial charge in [0.15, 0.2) is 6.10 Å². The molecule has 0 radical (unpaired) electrons. The summed E-state index contributed by atoms with van der Waals surface area (Å²) in [5.74, 6) is -0.962. The van der Waals surface area contributed by atoms with Crippen molar-refractivity contribution in [3.05, 3.63) is 72.9 Å². The van der Waals surface area contributed by atoms with Gasteiger partial charge in [0.05, 0.1) is 6.61 Å². The number of phosphoric acid groups is 1. The van der Waals surface area contributed by atoms with Crippen LogP contribution in [0.25, 0.3) is 0 Å². The lowest BCUT2D eigenvalue weighted by atomic mass is 10.1. The van der Waals surface area contributed by atoms with Gasteiger partial charge in [0.2, 0.25) is 0 Å². The summed E-state index contributed by atoms with van der Waals surface area (Å²) >= 11 is 0. The van der Waals surface area contributed by atoms with Crippen LogP contribution in [0.3, 0.4) is 0 Å². The van der Waals surface area contributed by atoms with Crippen LogP contribution in [0, 0.1) is 0 Å². The molecular weight excluding hydrogens is 651 g/mol. The standard InChI is InChI=1S/C41H69O8P/c1-3-5-7-9-11-13-15-17-19-20-22-23-25-27-29-31-33-35-40(42)47-37-39(38-48-50(44,45)46)49-41(43)36-34-32-30-28-26-24-21-18-16-14-12-10-8-6-4-2/h11-14,17-19,21-23,26,28,39H,3-10,15-16,20,24-25,27,29-38H2,1-2H3,(H2,44,45,46)/b13-11-,14-12-,19-17-,21-18-,23-22-,28-26-/t39-/m1/s1. The first-order valence-corrected chi connectivity index (χ1v) is 20.8. The lowest BCUT2D eigenvalue weighted by molar-refractivity contribution is -0.161. The molecule has 1 atom stereocenters. The van der Waals surface area contributed by atoms with E-state index in [1.54, 1.807) is 0 Å². The van der Waals surface area contributed by atoms with Crippen LogP contribution in [0.2, 0.25) is 0 Å². The Morgan fingerprint density at radius 3 is 1.36 bits per heavy atom. The van der Waals surface area contributed by atoms with E-state index in [0.717, 1.165) is 70.6 Å². The number of hydrogen-bond donors (Lipinski definition) is 2. The summed E-state index contributed by atoms with van der Waals surface area (Å²) in [4.78, 5) is 42.7. The summed E-state index contributed by atoms with van der Waals surface area (Å²) in [6.07, 6.45) is 46.2. The summed E-state index contributed by atoms with van der Waals surface area (Å²) in [6, 6.07) is 0. The van der Waals surface area contributed by atoms with Gasteiger partial charge in [-0.2, -0.15) is 0 Å². The molecule has 8 nitrogen and oxygen atoms in total. The van der Waals surface area contributed by atoms with Gasteiger partial charge in [-0.05, 0) is 89.9 Å². The Balaban J connectivity index is 4.09. The molecule has 0 aromatic carbocycles. The molecule has 0 saturated carbocycles. The van der Waals surface area contributed by atoms with Crippen molar-refractivity contribution in [3.8, 4) is 0 Å². The zero-order chi connectivity index (χ0) is 36.8. The van der Waals surface area contributed by atoms with E-state index in [9.17, 15) is 14.2 Å². The predicted octanol–water partition coefficient (Wildman–Crippen LogP) is 11.5. The molecule has 0 bridgehead atoms. The number of carbonyl (C=O) groups is 2. The Bertz CT molecular complexity index is 1040. The lowest BCUT2D eigenvalue weighted by Gasteiger charge is -2.18. The number of allylic oxidation sites excluding steroid dienone is 12. The van der Waals surface area contributed by atoms with E-state index < -0.39 is 32.5 Å². The maximum absolute atomic E-state index is 12.3. The quantitative estimate of drug-likeness (QED) is 0.0292. The normalized spacial score (nSPS) is 13.3. The molecule has 0 saturated heterocycles. The molecule has 50 heavy (non-hydrogen) atoms. The molecule has 0 spiro atoms. The van der Waals surface area contributed by atoms with Gasteiger partial charge in [-0.15, -0.1) is 0 Å². The van der Waals surface area contributed by atoms with E-state index in [2.05, 4.69) is 91.3 Å². The Hall–Kier alpha value is -2.51. The molecule has 0 rings (SSSR count). The second-order valence-electron chi connectivity index (χ2n) is 12.5. The monoisotopic (exact) mass is 720 g/mol. The summed E-state index contributed by atoms with van der Waals surface area (Å²) in [7, 11) is -4.77. The van der Waals surface area contributed by atoms with Crippen LogP contribution in [0.15, 0.2) is 72.9 Å². The number of rotatable bonds is 34. The summed E-state index contributed by atoms with van der Waals surface area (Å²) in [5, 5.41) is 0. The van der Waals surface area contributed by atoms with Crippen molar-refractivity contribution in [1.29, 1.82) is 0 Å². The van der Waals surface area contributed by atoms with Crippen molar-refractivity contribution in [2.24, 2.45) is 0 Å². The molecule has 0 fully saturated rings. The predicted molar refractivity (Wildman–Crippen MR) is 207 cm³/mol. The van der Waals surface area contributed by atoms with Crippen LogP contribution in [0.5, 0.6) is 0 Å². The number of carbonyl (C=O) groups excluding carboxylic acids is 2. The van der Waals surface area contributed by atoms with Crippen molar-refractivity contribution >= 4 is 19.8 Å². The highest BCUT2D eigenvalue weighted by atomic mass is 31.2. The lowest BCUT2D eigenvalue weighted by Crippen LogP contribution is -2.29. The molecule has 0 heterocycles. The zero-order valence-electron chi connectivity index (χ0n) is 31.3. The molecule has 0 aromatic rings. The molecule has 286 valence electrons. The molecule has 0 aromatic heterocycles. The first-order valence-electron chi connectivity index (χ1n) is 19.2. The highest BCUT2D eigenvalue weighted by molar-refractivity contribution is 7.46. The highest BCUT2D eigenvalue weighted by Gasteiger charge is 2.22. The number of ether oxygens (including phenoxy) is 2. The van der Waals surface area contributed by atoms with Gasteiger partial charge in [-0.3, -0.25) is 14.1 Å². The second kappa shape index (κ2) is 36.3. The van der Waals surface area contributed by atoms with Crippen LogP contribution in [-0.4, -0.2) is 41.0 Å². The van der Waals surface area contributed by atoms with E-state index in [1.165, 1.54) is 44.9 Å². The maximum Gasteiger partial charge on any atom is 0.469 e. The van der Waals surface area contributed by atoms with Crippen molar-refractivity contribution < 1.29 is 37.9 Å². The fraction of sp³-hybridized carbons (Fsp3) is 0.659. The zero-order valence-corrected chi connectivity index (χ0v) is 32.2. The van der Waals surface area contributed by atoms with Gasteiger partial charge in [-0.25, -0.2) is 4.57 Å². The second-order valence-corrected chi connectivity index (χ2v) is 13.8. The largest absolute Gasteiger partial charge is 0.469 e. The number of esters is 2. The van der Waals surface area contributed by atoms with Crippen molar-refractivity contribution in [2.75, 3.05) is 13.2 Å². The third-order valence-electron chi connectivity index (χ3n) is 7.70. The van der Waals surface area contributed by atoms with Crippen LogP contribution in [0.1, 0.15) is 155 Å². The van der Waals surface area contributed by atoms with Crippen molar-refractivity contribution in [2.45, 2.75) is 161 Å². The van der Waals surface area contributed by atoms with E-state index in [1.807, 2.05) is 0 Å². The van der Waals surface area contributed by atoms with Crippen LogP contribution in [0.4, 0.5) is 0 Å². The Morgan fingerprint density at radius 1 is 0.520 bits per heavy atom. The highest BCUT2D eigenvalue weighted by Crippen LogP contribution is 2.35. The SMILES string of the molecule is CCCCC/C=C\C/C=C\C/C=C\CCCCCCC(=O)OC[C@H](COP(=O)(O)O)OC(=O)CCCC/C=C\C/C=C\C/C=C\CCCCC. The van der Waals surface area contributed by atoms with Crippen LogP contribution < -0.4 is 0 Å². The van der Waals surface area contributed by atoms with Gasteiger partial charge in [0.25, 0.3) is 0 Å². The third-order valence-corrected chi connectivity index (χ3v) is 8.18. The number of unbranched alkanes of at least 4 members (excludes halogenated alkanes) is 12. The minimum Gasteiger partial charge on any atom is -0.462 e. The fourth-order valence-corrected chi connectivity index (χ4v) is 5.16. The van der Waals surface area contributed by atoms with Gasteiger partial charge in [0.1, 0.15) is 6.61 Å². The molecule has 0 unspecified atom stereocenters. The summed E-state index contributed by atoms with van der Waals surface area (Å²) in [5.41, 5.74) is 0. The number of hydrogen-bond acceptors (Lipinski definition) is 6. The minimum atomic E-state index is -4.77. The van der Waals surface area contributed by atoms with Gasteiger partial charge in [-0.1, -0.05) is 125 Å². The van der Waals surface area contributed by atoms with Crippen molar-refractivity contribution in [1.82, 2.24) is 0 Å². The minimum absolute atomic E-state index is 0.154. The van der Waals surface area contributed by atoms with Crippen LogP contribution >= 0.6 is 7.82 Å². The molecule has 0 aliphatic heterocycles. The first kappa shape index (κ1) is 47.5. The van der Waals surface area contributed by atoms with Gasteiger partial charge < -0.3 is 19.3 Å². The maximum atomic E-state index is 12.3. The molecule has 0 aliphatic carbocycles. The average Bonchev–Trinajstić information content (AvgIpc) is 3.08. The molecule has 2 N–H and O–H groups in total. The average molecular weight is 721 g/mol. The molecule has 0 aliphatic rings. The van der Waals surface area contributed by atoms with E-state index in [0.29, 0.717) is 12.8 Å². The topological polar surface area (TPSA) is 119 Å². The fourth-order valence-electron chi connectivity index (χ4n) is 4.80. The third kappa shape index (κ3) is 38.3. The Morgan fingerprint density at radius 2 is 0.900 bits per heavy atom. The summed E-state index contributed by atoms with van der Waals surface area (Å²) < 4.78 is 26.3. The Kier molecular flexibility index (Phi) is 34.5. The van der Waals surface area contributed by atoms with E-state index in [4.69, 9.17) is 19.3 Å². The number of phosphoric ester groups is 1. The van der Waals surface area contributed by atoms with E-state index in [-0.39, 0.29) is 19.4 Å². The Labute approximate surface area is 304 Å². The molecule has 9 heteroatoms. The van der Waals surface area contributed by atoms with Gasteiger partial charge in [0, 0.05) is 12.8 Å². The van der Waals surface area contributed by atoms with E-state index >= 15 is 0 Å².